The van der Waals surface area contributed by atoms with Crippen LogP contribution in [0.5, 0.6) is 0 Å². The first-order chi connectivity index (χ1) is 9.52. The molecule has 5 heteroatoms. The number of fused-ring (bicyclic) bond motifs is 1. The first kappa shape index (κ1) is 13.9. The van der Waals surface area contributed by atoms with Crippen LogP contribution in [0, 0.1) is 11.6 Å². The van der Waals surface area contributed by atoms with Gasteiger partial charge in [0.05, 0.1) is 6.10 Å². The number of benzene rings is 1. The summed E-state index contributed by atoms with van der Waals surface area (Å²) in [5.41, 5.74) is 0.794. The average Bonchev–Trinajstić information content (AvgIpc) is 2.73. The molecule has 1 aromatic rings. The number of aliphatic hydroxyl groups excluding tert-OH is 1. The fourth-order valence-electron chi connectivity index (χ4n) is 3.37. The van der Waals surface area contributed by atoms with E-state index >= 15 is 0 Å². The Labute approximate surface area is 117 Å². The third-order valence-electron chi connectivity index (χ3n) is 4.44. The molecule has 0 saturated carbocycles. The second kappa shape index (κ2) is 5.39. The molecule has 0 amide bonds. The van der Waals surface area contributed by atoms with E-state index in [1.54, 1.807) is 6.07 Å². The summed E-state index contributed by atoms with van der Waals surface area (Å²) in [6.45, 7) is 5.32. The zero-order chi connectivity index (χ0) is 14.3. The van der Waals surface area contributed by atoms with Gasteiger partial charge in [-0.05, 0) is 31.0 Å². The summed E-state index contributed by atoms with van der Waals surface area (Å²) < 4.78 is 26.2. The molecule has 1 aromatic carbocycles. The molecule has 0 aromatic heterocycles. The highest BCUT2D eigenvalue weighted by Crippen LogP contribution is 2.26. The number of hydrogen-bond acceptors (Lipinski definition) is 3. The Bertz CT molecular complexity index is 497. The van der Waals surface area contributed by atoms with Crippen LogP contribution in [0.3, 0.4) is 0 Å². The van der Waals surface area contributed by atoms with Crippen molar-refractivity contribution >= 4 is 0 Å². The third kappa shape index (κ3) is 2.71. The molecule has 3 rings (SSSR count). The van der Waals surface area contributed by atoms with Crippen LogP contribution in [-0.4, -0.2) is 52.7 Å². The monoisotopic (exact) mass is 282 g/mol. The molecule has 110 valence electrons. The molecule has 2 saturated heterocycles. The van der Waals surface area contributed by atoms with Gasteiger partial charge in [-0.1, -0.05) is 6.07 Å². The highest BCUT2D eigenvalue weighted by molar-refractivity contribution is 5.18. The van der Waals surface area contributed by atoms with Crippen molar-refractivity contribution in [2.45, 2.75) is 38.1 Å². The zero-order valence-electron chi connectivity index (χ0n) is 11.6. The van der Waals surface area contributed by atoms with Gasteiger partial charge in [-0.25, -0.2) is 8.78 Å². The highest BCUT2D eigenvalue weighted by atomic mass is 19.2. The van der Waals surface area contributed by atoms with Crippen molar-refractivity contribution in [2.24, 2.45) is 0 Å². The Kier molecular flexibility index (Phi) is 3.75. The van der Waals surface area contributed by atoms with E-state index in [4.69, 9.17) is 0 Å². The molecule has 0 radical (unpaired) electrons. The molecule has 20 heavy (non-hydrogen) atoms. The van der Waals surface area contributed by atoms with E-state index in [0.717, 1.165) is 31.6 Å². The van der Waals surface area contributed by atoms with Crippen LogP contribution in [0.1, 0.15) is 18.9 Å². The lowest BCUT2D eigenvalue weighted by molar-refractivity contribution is 0.0528. The van der Waals surface area contributed by atoms with Crippen molar-refractivity contribution in [1.29, 1.82) is 0 Å². The van der Waals surface area contributed by atoms with Gasteiger partial charge in [0.1, 0.15) is 0 Å². The molecule has 2 aliphatic heterocycles. The number of nitrogens with zero attached hydrogens (tertiary/aromatic N) is 2. The smallest absolute Gasteiger partial charge is 0.159 e. The predicted molar refractivity (Wildman–Crippen MR) is 72.2 cm³/mol. The molecule has 3 nitrogen and oxygen atoms in total. The summed E-state index contributed by atoms with van der Waals surface area (Å²) >= 11 is 0. The Hall–Kier alpha value is -1.04. The largest absolute Gasteiger partial charge is 0.392 e. The van der Waals surface area contributed by atoms with E-state index in [2.05, 4.69) is 16.7 Å². The van der Waals surface area contributed by atoms with Crippen LogP contribution in [0.25, 0.3) is 0 Å². The Morgan fingerprint density at radius 3 is 2.75 bits per heavy atom. The maximum absolute atomic E-state index is 13.3. The zero-order valence-corrected chi connectivity index (χ0v) is 11.6. The third-order valence-corrected chi connectivity index (χ3v) is 4.44. The molecule has 0 spiro atoms. The van der Waals surface area contributed by atoms with Crippen LogP contribution in [0.15, 0.2) is 18.2 Å². The Morgan fingerprint density at radius 2 is 2.00 bits per heavy atom. The van der Waals surface area contributed by atoms with Gasteiger partial charge in [0, 0.05) is 38.3 Å². The van der Waals surface area contributed by atoms with E-state index in [1.165, 1.54) is 12.1 Å². The lowest BCUT2D eigenvalue weighted by atomic mass is 10.1. The summed E-state index contributed by atoms with van der Waals surface area (Å²) in [7, 11) is 0. The van der Waals surface area contributed by atoms with Gasteiger partial charge in [0.25, 0.3) is 0 Å². The van der Waals surface area contributed by atoms with Gasteiger partial charge in [-0.3, -0.25) is 9.80 Å². The SMILES string of the molecule is C[C@@H]1CN2C[C@H](O)CC2CN1Cc1ccc(F)c(F)c1. The highest BCUT2D eigenvalue weighted by Gasteiger charge is 2.37. The molecular formula is C15H20F2N2O. The van der Waals surface area contributed by atoms with Crippen molar-refractivity contribution in [2.75, 3.05) is 19.6 Å². The summed E-state index contributed by atoms with van der Waals surface area (Å²) in [6.07, 6.45) is 0.580. The number of piperazine rings is 1. The van der Waals surface area contributed by atoms with E-state index in [1.807, 2.05) is 0 Å². The molecular weight excluding hydrogens is 262 g/mol. The molecule has 1 unspecified atom stereocenters. The van der Waals surface area contributed by atoms with Crippen molar-refractivity contribution in [3.8, 4) is 0 Å². The second-order valence-electron chi connectivity index (χ2n) is 6.02. The lowest BCUT2D eigenvalue weighted by Gasteiger charge is -2.42. The quantitative estimate of drug-likeness (QED) is 0.892. The van der Waals surface area contributed by atoms with E-state index in [9.17, 15) is 13.9 Å². The first-order valence-electron chi connectivity index (χ1n) is 7.13. The molecule has 0 aliphatic carbocycles. The summed E-state index contributed by atoms with van der Waals surface area (Å²) in [5, 5.41) is 9.74. The van der Waals surface area contributed by atoms with Crippen molar-refractivity contribution < 1.29 is 13.9 Å². The number of rotatable bonds is 2. The van der Waals surface area contributed by atoms with Gasteiger partial charge in [-0.15, -0.1) is 0 Å². The van der Waals surface area contributed by atoms with Crippen LogP contribution in [0.2, 0.25) is 0 Å². The van der Waals surface area contributed by atoms with Crippen LogP contribution in [0.4, 0.5) is 8.78 Å². The molecule has 2 fully saturated rings. The lowest BCUT2D eigenvalue weighted by Crippen LogP contribution is -2.54. The van der Waals surface area contributed by atoms with Gasteiger partial charge < -0.3 is 5.11 Å². The summed E-state index contributed by atoms with van der Waals surface area (Å²) in [4.78, 5) is 4.61. The van der Waals surface area contributed by atoms with Crippen LogP contribution < -0.4 is 0 Å². The normalized spacial score (nSPS) is 31.5. The van der Waals surface area contributed by atoms with Crippen molar-refractivity contribution in [1.82, 2.24) is 9.80 Å². The molecule has 2 aliphatic rings. The minimum absolute atomic E-state index is 0.226. The standard InChI is InChI=1S/C15H20F2N2O/c1-10-6-19-9-13(20)5-12(19)8-18(10)7-11-2-3-14(16)15(17)4-11/h2-4,10,12-13,20H,5-9H2,1H3/t10-,12?,13-/m1/s1. The van der Waals surface area contributed by atoms with E-state index in [0.29, 0.717) is 18.6 Å². The number of halogens is 2. The van der Waals surface area contributed by atoms with Gasteiger partial charge in [0.2, 0.25) is 0 Å². The fraction of sp³-hybridized carbons (Fsp3) is 0.600. The molecule has 1 N–H and O–H groups in total. The van der Waals surface area contributed by atoms with E-state index < -0.39 is 11.6 Å². The number of hydrogen-bond donors (Lipinski definition) is 1. The number of aliphatic hydroxyl groups is 1. The Morgan fingerprint density at radius 1 is 1.20 bits per heavy atom. The van der Waals surface area contributed by atoms with Crippen molar-refractivity contribution in [3.05, 3.63) is 35.4 Å². The second-order valence-corrected chi connectivity index (χ2v) is 6.02. The van der Waals surface area contributed by atoms with Gasteiger partial charge in [0.15, 0.2) is 11.6 Å². The van der Waals surface area contributed by atoms with E-state index in [-0.39, 0.29) is 6.10 Å². The van der Waals surface area contributed by atoms with Crippen LogP contribution >= 0.6 is 0 Å². The minimum atomic E-state index is -0.800. The Balaban J connectivity index is 1.69. The van der Waals surface area contributed by atoms with Gasteiger partial charge in [-0.2, -0.15) is 0 Å². The topological polar surface area (TPSA) is 26.7 Å². The molecule has 3 atom stereocenters. The van der Waals surface area contributed by atoms with Crippen molar-refractivity contribution in [3.63, 3.8) is 0 Å². The summed E-state index contributed by atoms with van der Waals surface area (Å²) in [5.74, 6) is -1.59. The molecule has 0 bridgehead atoms. The first-order valence-corrected chi connectivity index (χ1v) is 7.13. The predicted octanol–water partition coefficient (Wildman–Crippen LogP) is 1.60. The maximum atomic E-state index is 13.3. The van der Waals surface area contributed by atoms with Crippen LogP contribution in [-0.2, 0) is 6.54 Å². The average molecular weight is 282 g/mol. The molecule has 2 heterocycles. The summed E-state index contributed by atoms with van der Waals surface area (Å²) in [6, 6.07) is 4.83. The fourth-order valence-corrected chi connectivity index (χ4v) is 3.37. The minimum Gasteiger partial charge on any atom is -0.392 e. The van der Waals surface area contributed by atoms with Gasteiger partial charge >= 0.3 is 0 Å². The maximum Gasteiger partial charge on any atom is 0.159 e.